The van der Waals surface area contributed by atoms with Crippen LogP contribution in [0.2, 0.25) is 5.02 Å². The molecule has 0 fully saturated rings. The lowest BCUT2D eigenvalue weighted by molar-refractivity contribution is 0.0988. The molecule has 0 atom stereocenters. The van der Waals surface area contributed by atoms with E-state index >= 15 is 0 Å². The Morgan fingerprint density at radius 1 is 1.00 bits per heavy atom. The Kier molecular flexibility index (Phi) is 6.13. The number of carbonyl (C=O) groups excluding carboxylic acids is 1. The van der Waals surface area contributed by atoms with Gasteiger partial charge >= 0.3 is 0 Å². The van der Waals surface area contributed by atoms with Gasteiger partial charge in [0.25, 0.3) is 11.5 Å². The van der Waals surface area contributed by atoms with Crippen molar-refractivity contribution < 1.29 is 14.3 Å². The van der Waals surface area contributed by atoms with E-state index in [2.05, 4.69) is 5.10 Å². The molecule has 8 nitrogen and oxygen atoms in total. The number of anilines is 1. The molecule has 0 bridgehead atoms. The van der Waals surface area contributed by atoms with Gasteiger partial charge in [-0.3, -0.25) is 9.59 Å². The lowest BCUT2D eigenvalue weighted by Gasteiger charge is -2.21. The summed E-state index contributed by atoms with van der Waals surface area (Å²) in [5.41, 5.74) is 2.90. The first kappa shape index (κ1) is 24.4. The van der Waals surface area contributed by atoms with E-state index in [-0.39, 0.29) is 11.3 Å². The van der Waals surface area contributed by atoms with Gasteiger partial charge in [-0.1, -0.05) is 35.9 Å². The second-order valence-corrected chi connectivity index (χ2v) is 9.13. The van der Waals surface area contributed by atoms with E-state index in [9.17, 15) is 9.59 Å². The molecule has 0 N–H and O–H groups in total. The van der Waals surface area contributed by atoms with Gasteiger partial charge in [0.2, 0.25) is 0 Å². The highest BCUT2D eigenvalue weighted by atomic mass is 35.5. The van der Waals surface area contributed by atoms with Crippen molar-refractivity contribution in [1.82, 2.24) is 14.3 Å². The van der Waals surface area contributed by atoms with Gasteiger partial charge in [-0.05, 0) is 48.9 Å². The summed E-state index contributed by atoms with van der Waals surface area (Å²) in [6.45, 7) is 1.94. The summed E-state index contributed by atoms with van der Waals surface area (Å²) in [5.74, 6) is 0.621. The van der Waals surface area contributed by atoms with Crippen molar-refractivity contribution in [2.45, 2.75) is 6.92 Å². The molecular weight excluding hydrogens is 492 g/mol. The monoisotopic (exact) mass is 516 g/mol. The Balaban J connectivity index is 1.83. The van der Waals surface area contributed by atoms with Gasteiger partial charge in [0.1, 0.15) is 17.0 Å². The molecule has 0 aliphatic rings. The summed E-state index contributed by atoms with van der Waals surface area (Å²) in [6, 6.07) is 18.1. The molecule has 188 valence electrons. The maximum Gasteiger partial charge on any atom is 0.296 e. The van der Waals surface area contributed by atoms with E-state index in [4.69, 9.17) is 21.1 Å². The summed E-state index contributed by atoms with van der Waals surface area (Å²) < 4.78 is 13.8. The summed E-state index contributed by atoms with van der Waals surface area (Å²) in [5, 5.41) is 6.18. The van der Waals surface area contributed by atoms with E-state index in [1.165, 1.54) is 16.7 Å². The van der Waals surface area contributed by atoms with Crippen LogP contribution in [0.4, 0.5) is 5.69 Å². The molecule has 5 aromatic rings. The number of aromatic nitrogens is 3. The molecular formula is C28H25ClN4O4. The molecule has 0 saturated carbocycles. The van der Waals surface area contributed by atoms with Crippen molar-refractivity contribution >= 4 is 45.0 Å². The number of benzene rings is 3. The quantitative estimate of drug-likeness (QED) is 0.323. The first-order valence-electron chi connectivity index (χ1n) is 11.5. The Morgan fingerprint density at radius 3 is 2.41 bits per heavy atom. The number of para-hydroxylation sites is 1. The summed E-state index contributed by atoms with van der Waals surface area (Å²) >= 11 is 6.36. The van der Waals surface area contributed by atoms with Crippen molar-refractivity contribution in [3.63, 3.8) is 0 Å². The predicted octanol–water partition coefficient (Wildman–Crippen LogP) is 5.13. The number of hydrogen-bond acceptors (Lipinski definition) is 5. The first-order chi connectivity index (χ1) is 17.8. The van der Waals surface area contributed by atoms with Crippen LogP contribution in [0.1, 0.15) is 16.1 Å². The van der Waals surface area contributed by atoms with E-state index in [1.807, 2.05) is 49.4 Å². The van der Waals surface area contributed by atoms with Crippen LogP contribution in [-0.2, 0) is 7.05 Å². The Labute approximate surface area is 218 Å². The number of aryl methyl sites for hydroxylation is 2. The zero-order valence-corrected chi connectivity index (χ0v) is 21.8. The molecule has 0 aliphatic heterocycles. The highest BCUT2D eigenvalue weighted by Gasteiger charge is 2.27. The summed E-state index contributed by atoms with van der Waals surface area (Å²) in [6.07, 6.45) is 0. The minimum atomic E-state index is -0.390. The summed E-state index contributed by atoms with van der Waals surface area (Å²) in [7, 11) is 6.54. The topological polar surface area (TPSA) is 78.6 Å². The number of nitrogens with zero attached hydrogens (tertiary/aromatic N) is 4. The number of hydrogen-bond donors (Lipinski definition) is 0. The maximum absolute atomic E-state index is 14.1. The lowest BCUT2D eigenvalue weighted by Crippen LogP contribution is -2.32. The highest BCUT2D eigenvalue weighted by Crippen LogP contribution is 2.33. The van der Waals surface area contributed by atoms with Gasteiger partial charge in [0.05, 0.1) is 30.6 Å². The van der Waals surface area contributed by atoms with Crippen molar-refractivity contribution in [2.75, 3.05) is 26.2 Å². The van der Waals surface area contributed by atoms with Gasteiger partial charge in [-0.15, -0.1) is 0 Å². The normalized spacial score (nSPS) is 11.2. The second-order valence-electron chi connectivity index (χ2n) is 8.72. The fourth-order valence-corrected chi connectivity index (χ4v) is 4.87. The maximum atomic E-state index is 14.1. The first-order valence-corrected chi connectivity index (χ1v) is 11.9. The minimum absolute atomic E-state index is 0.129. The van der Waals surface area contributed by atoms with Crippen LogP contribution in [-0.4, -0.2) is 41.5 Å². The third-order valence-corrected chi connectivity index (χ3v) is 6.82. The smallest absolute Gasteiger partial charge is 0.296 e. The highest BCUT2D eigenvalue weighted by molar-refractivity contribution is 6.32. The van der Waals surface area contributed by atoms with Crippen molar-refractivity contribution in [3.8, 4) is 17.2 Å². The Bertz CT molecular complexity index is 1760. The molecule has 5 rings (SSSR count). The zero-order chi connectivity index (χ0) is 26.4. The standard InChI is InChI=1S/C28H25ClN4O4/c1-16-10-12-23(37-5)21(14-16)32(3)27(34)25-24-18-8-6-7-9-20(18)31(2)26(24)28(35)33(30-25)17-11-13-22(36-4)19(29)15-17/h6-15H,1-5H3. The molecule has 1 amide bonds. The fraction of sp³-hybridized carbons (Fsp3) is 0.179. The van der Waals surface area contributed by atoms with Gasteiger partial charge < -0.3 is 18.9 Å². The number of halogens is 1. The molecule has 2 aromatic heterocycles. The van der Waals surface area contributed by atoms with Crippen LogP contribution in [0.5, 0.6) is 11.5 Å². The third kappa shape index (κ3) is 3.90. The van der Waals surface area contributed by atoms with E-state index in [0.29, 0.717) is 38.8 Å². The molecule has 9 heteroatoms. The Hall–Kier alpha value is -4.30. The van der Waals surface area contributed by atoms with Gasteiger partial charge in [-0.25, -0.2) is 0 Å². The van der Waals surface area contributed by atoms with Crippen LogP contribution < -0.4 is 19.9 Å². The van der Waals surface area contributed by atoms with Crippen molar-refractivity contribution in [1.29, 1.82) is 0 Å². The summed E-state index contributed by atoms with van der Waals surface area (Å²) in [4.78, 5) is 29.4. The average Bonchev–Trinajstić information content (AvgIpc) is 3.21. The second kappa shape index (κ2) is 9.29. The van der Waals surface area contributed by atoms with Gasteiger partial charge in [0, 0.05) is 30.4 Å². The van der Waals surface area contributed by atoms with E-state index in [1.54, 1.807) is 44.0 Å². The van der Waals surface area contributed by atoms with Crippen LogP contribution in [0.15, 0.2) is 65.5 Å². The average molecular weight is 517 g/mol. The molecule has 0 spiro atoms. The number of ether oxygens (including phenoxy) is 2. The van der Waals surface area contributed by atoms with Gasteiger partial charge in [0.15, 0.2) is 5.69 Å². The number of amides is 1. The molecule has 3 aromatic carbocycles. The minimum Gasteiger partial charge on any atom is -0.495 e. The SMILES string of the molecule is COc1ccc(-n2nc(C(=O)N(C)c3cc(C)ccc3OC)c3c4ccccc4n(C)c3c2=O)cc1Cl. The lowest BCUT2D eigenvalue weighted by atomic mass is 10.1. The fourth-order valence-electron chi connectivity index (χ4n) is 4.62. The predicted molar refractivity (Wildman–Crippen MR) is 146 cm³/mol. The molecule has 0 saturated heterocycles. The van der Waals surface area contributed by atoms with Crippen molar-refractivity contribution in [3.05, 3.63) is 87.3 Å². The van der Waals surface area contributed by atoms with Crippen LogP contribution in [0, 0.1) is 6.92 Å². The zero-order valence-electron chi connectivity index (χ0n) is 21.1. The Morgan fingerprint density at radius 2 is 1.70 bits per heavy atom. The van der Waals surface area contributed by atoms with Crippen LogP contribution in [0.25, 0.3) is 27.5 Å². The number of rotatable bonds is 5. The number of fused-ring (bicyclic) bond motifs is 3. The molecule has 37 heavy (non-hydrogen) atoms. The molecule has 0 unspecified atom stereocenters. The van der Waals surface area contributed by atoms with E-state index < -0.39 is 5.91 Å². The largest absolute Gasteiger partial charge is 0.495 e. The van der Waals surface area contributed by atoms with Crippen LogP contribution >= 0.6 is 11.6 Å². The van der Waals surface area contributed by atoms with Gasteiger partial charge in [-0.2, -0.15) is 9.78 Å². The van der Waals surface area contributed by atoms with Crippen molar-refractivity contribution in [2.24, 2.45) is 7.05 Å². The molecule has 2 heterocycles. The van der Waals surface area contributed by atoms with Crippen LogP contribution in [0.3, 0.4) is 0 Å². The number of carbonyl (C=O) groups is 1. The third-order valence-electron chi connectivity index (χ3n) is 6.52. The number of methoxy groups -OCH3 is 2. The van der Waals surface area contributed by atoms with E-state index in [0.717, 1.165) is 16.5 Å². The molecule has 0 radical (unpaired) electrons. The molecule has 0 aliphatic carbocycles.